The van der Waals surface area contributed by atoms with Crippen molar-refractivity contribution in [3.8, 4) is 11.1 Å². The number of carboxylic acids is 1. The lowest BCUT2D eigenvalue weighted by Gasteiger charge is -2.28. The van der Waals surface area contributed by atoms with Crippen LogP contribution in [0, 0.1) is 5.92 Å². The molecule has 0 aromatic heterocycles. The Labute approximate surface area is 203 Å². The Morgan fingerprint density at radius 2 is 1.74 bits per heavy atom. The van der Waals surface area contributed by atoms with Gasteiger partial charge >= 0.3 is 12.1 Å². The number of amides is 2. The van der Waals surface area contributed by atoms with Crippen molar-refractivity contribution in [2.45, 2.75) is 44.0 Å². The van der Waals surface area contributed by atoms with Crippen LogP contribution in [-0.2, 0) is 14.3 Å². The summed E-state index contributed by atoms with van der Waals surface area (Å²) in [6, 6.07) is 15.5. The van der Waals surface area contributed by atoms with Gasteiger partial charge in [-0.2, -0.15) is 0 Å². The smallest absolute Gasteiger partial charge is 0.407 e. The molecule has 3 atom stereocenters. The molecule has 0 spiro atoms. The van der Waals surface area contributed by atoms with Gasteiger partial charge in [0.15, 0.2) is 0 Å². The Morgan fingerprint density at radius 3 is 2.32 bits per heavy atom. The summed E-state index contributed by atoms with van der Waals surface area (Å²) in [7, 11) is 0. The van der Waals surface area contributed by atoms with E-state index in [-0.39, 0.29) is 42.7 Å². The number of benzene rings is 2. The molecule has 4 rings (SSSR count). The first-order valence-corrected chi connectivity index (χ1v) is 12.7. The molecule has 0 bridgehead atoms. The van der Waals surface area contributed by atoms with Gasteiger partial charge < -0.3 is 20.1 Å². The van der Waals surface area contributed by atoms with Gasteiger partial charge in [-0.1, -0.05) is 62.4 Å². The van der Waals surface area contributed by atoms with Gasteiger partial charge in [0.1, 0.15) is 12.6 Å². The van der Waals surface area contributed by atoms with Gasteiger partial charge in [0.05, 0.1) is 5.37 Å². The van der Waals surface area contributed by atoms with Crippen LogP contribution in [-0.4, -0.2) is 58.3 Å². The summed E-state index contributed by atoms with van der Waals surface area (Å²) in [6.07, 6.45) is 0.351. The zero-order valence-electron chi connectivity index (χ0n) is 19.4. The van der Waals surface area contributed by atoms with Crippen LogP contribution in [0.2, 0.25) is 0 Å². The molecule has 0 saturated carbocycles. The zero-order chi connectivity index (χ0) is 24.2. The average molecular weight is 483 g/mol. The number of ether oxygens (including phenoxy) is 1. The first kappa shape index (κ1) is 24.1. The van der Waals surface area contributed by atoms with E-state index in [9.17, 15) is 19.5 Å². The maximum Gasteiger partial charge on any atom is 0.407 e. The summed E-state index contributed by atoms with van der Waals surface area (Å²) in [5.41, 5.74) is 4.64. The molecule has 2 aromatic rings. The maximum absolute atomic E-state index is 12.8. The number of carboxylic acid groups (broad SMARTS) is 1. The number of hydrogen-bond donors (Lipinski definition) is 2. The van der Waals surface area contributed by atoms with Gasteiger partial charge in [0, 0.05) is 24.6 Å². The Morgan fingerprint density at radius 1 is 1.12 bits per heavy atom. The zero-order valence-corrected chi connectivity index (χ0v) is 20.2. The lowest BCUT2D eigenvalue weighted by molar-refractivity contribution is -0.149. The molecule has 180 valence electrons. The number of nitrogens with zero attached hydrogens (tertiary/aromatic N) is 1. The van der Waals surface area contributed by atoms with E-state index in [1.165, 1.54) is 27.8 Å². The number of rotatable bonds is 8. The van der Waals surface area contributed by atoms with Crippen LogP contribution in [0.15, 0.2) is 48.5 Å². The van der Waals surface area contributed by atoms with Crippen molar-refractivity contribution in [2.75, 3.05) is 18.9 Å². The van der Waals surface area contributed by atoms with Crippen molar-refractivity contribution in [3.63, 3.8) is 0 Å². The quantitative estimate of drug-likeness (QED) is 0.582. The normalized spacial score (nSPS) is 19.9. The topological polar surface area (TPSA) is 95.9 Å². The minimum atomic E-state index is -0.971. The highest BCUT2D eigenvalue weighted by molar-refractivity contribution is 8.00. The van der Waals surface area contributed by atoms with E-state index in [2.05, 4.69) is 29.6 Å². The van der Waals surface area contributed by atoms with Gasteiger partial charge in [0.2, 0.25) is 5.91 Å². The van der Waals surface area contributed by atoms with Crippen LogP contribution in [0.1, 0.15) is 43.7 Å². The predicted octanol–water partition coefficient (Wildman–Crippen LogP) is 4.32. The minimum Gasteiger partial charge on any atom is -0.480 e. The van der Waals surface area contributed by atoms with Crippen LogP contribution in [0.5, 0.6) is 0 Å². The number of hydrogen-bond acceptors (Lipinski definition) is 5. The van der Waals surface area contributed by atoms with E-state index in [0.29, 0.717) is 12.2 Å². The number of thioether (sulfide) groups is 1. The van der Waals surface area contributed by atoms with E-state index in [4.69, 9.17) is 4.74 Å². The highest BCUT2D eigenvalue weighted by Crippen LogP contribution is 2.44. The van der Waals surface area contributed by atoms with Crippen LogP contribution >= 0.6 is 11.8 Å². The number of nitrogens with one attached hydrogen (secondary N) is 1. The molecule has 2 amide bonds. The molecule has 2 N–H and O–H groups in total. The molecule has 0 radical (unpaired) electrons. The fraction of sp³-hybridized carbons (Fsp3) is 0.423. The van der Waals surface area contributed by atoms with Crippen LogP contribution in [0.4, 0.5) is 4.79 Å². The van der Waals surface area contributed by atoms with E-state index < -0.39 is 18.1 Å². The fourth-order valence-corrected chi connectivity index (χ4v) is 6.15. The molecule has 1 aliphatic heterocycles. The van der Waals surface area contributed by atoms with Gasteiger partial charge in [-0.05, 0) is 34.6 Å². The third kappa shape index (κ3) is 4.92. The Kier molecular flexibility index (Phi) is 7.46. The van der Waals surface area contributed by atoms with Gasteiger partial charge in [-0.15, -0.1) is 11.8 Å². The van der Waals surface area contributed by atoms with Crippen LogP contribution < -0.4 is 5.32 Å². The second-order valence-corrected chi connectivity index (χ2v) is 10.1. The highest BCUT2D eigenvalue weighted by atomic mass is 32.2. The van der Waals surface area contributed by atoms with Crippen molar-refractivity contribution in [1.82, 2.24) is 10.2 Å². The minimum absolute atomic E-state index is 0.0104. The summed E-state index contributed by atoms with van der Waals surface area (Å²) < 4.78 is 5.55. The predicted molar refractivity (Wildman–Crippen MR) is 132 cm³/mol. The van der Waals surface area contributed by atoms with Crippen molar-refractivity contribution in [2.24, 2.45) is 5.92 Å². The van der Waals surface area contributed by atoms with E-state index in [1.54, 1.807) is 0 Å². The SMILES string of the molecule is CCC1SCC(C(=O)O)N1C(=O)CC(C)CNC(=O)OCC1c2ccccc2-c2ccccc21. The van der Waals surface area contributed by atoms with Crippen molar-refractivity contribution in [1.29, 1.82) is 0 Å². The fourth-order valence-electron chi connectivity index (χ4n) is 4.79. The summed E-state index contributed by atoms with van der Waals surface area (Å²) in [6.45, 7) is 4.32. The number of aliphatic carboxylic acids is 1. The summed E-state index contributed by atoms with van der Waals surface area (Å²) >= 11 is 1.50. The van der Waals surface area contributed by atoms with E-state index >= 15 is 0 Å². The van der Waals surface area contributed by atoms with E-state index in [1.807, 2.05) is 38.1 Å². The highest BCUT2D eigenvalue weighted by Gasteiger charge is 2.40. The lowest BCUT2D eigenvalue weighted by atomic mass is 9.98. The summed E-state index contributed by atoms with van der Waals surface area (Å²) in [5, 5.41) is 12.1. The standard InChI is InChI=1S/C26H30N2O5S/c1-3-24-28(22(15-34-24)25(30)31)23(29)12-16(2)13-27-26(32)33-14-21-19-10-6-4-8-17(19)18-9-5-7-11-20(18)21/h4-11,16,21-22,24H,3,12-15H2,1-2H3,(H,27,32)(H,30,31). The lowest BCUT2D eigenvalue weighted by Crippen LogP contribution is -2.46. The Bertz CT molecular complexity index is 1030. The van der Waals surface area contributed by atoms with Crippen molar-refractivity contribution < 1.29 is 24.2 Å². The third-order valence-electron chi connectivity index (χ3n) is 6.48. The summed E-state index contributed by atoms with van der Waals surface area (Å²) in [4.78, 5) is 38.3. The summed E-state index contributed by atoms with van der Waals surface area (Å²) in [5.74, 6) is -0.909. The molecule has 34 heavy (non-hydrogen) atoms. The molecule has 8 heteroatoms. The number of carbonyl (C=O) groups excluding carboxylic acids is 2. The molecule has 7 nitrogen and oxygen atoms in total. The monoisotopic (exact) mass is 482 g/mol. The second kappa shape index (κ2) is 10.5. The molecule has 1 aliphatic carbocycles. The number of alkyl carbamates (subject to hydrolysis) is 1. The van der Waals surface area contributed by atoms with Gasteiger partial charge in [-0.25, -0.2) is 9.59 Å². The van der Waals surface area contributed by atoms with Gasteiger partial charge in [0.25, 0.3) is 0 Å². The van der Waals surface area contributed by atoms with Crippen LogP contribution in [0.25, 0.3) is 11.1 Å². The molecule has 2 aromatic carbocycles. The molecule has 3 unspecified atom stereocenters. The molecule has 1 fully saturated rings. The molecular weight excluding hydrogens is 452 g/mol. The molecule has 1 heterocycles. The maximum atomic E-state index is 12.8. The number of carbonyl (C=O) groups is 3. The Balaban J connectivity index is 1.28. The second-order valence-electron chi connectivity index (χ2n) is 8.87. The number of fused-ring (bicyclic) bond motifs is 3. The van der Waals surface area contributed by atoms with Crippen molar-refractivity contribution in [3.05, 3.63) is 59.7 Å². The third-order valence-corrected chi connectivity index (χ3v) is 7.93. The average Bonchev–Trinajstić information content (AvgIpc) is 3.41. The Hall–Kier alpha value is -3.00. The first-order valence-electron chi connectivity index (χ1n) is 11.6. The van der Waals surface area contributed by atoms with E-state index in [0.717, 1.165) is 11.1 Å². The van der Waals surface area contributed by atoms with Gasteiger partial charge in [-0.3, -0.25) is 4.79 Å². The molecule has 2 aliphatic rings. The molecule has 1 saturated heterocycles. The van der Waals surface area contributed by atoms with Crippen molar-refractivity contribution >= 4 is 29.7 Å². The first-order chi connectivity index (χ1) is 16.4. The molecular formula is C26H30N2O5S. The largest absolute Gasteiger partial charge is 0.480 e. The van der Waals surface area contributed by atoms with Crippen LogP contribution in [0.3, 0.4) is 0 Å².